The number of phenols is 1. The van der Waals surface area contributed by atoms with E-state index in [0.717, 1.165) is 16.8 Å². The first-order valence-corrected chi connectivity index (χ1v) is 11.1. The number of ether oxygens (including phenoxy) is 3. The van der Waals surface area contributed by atoms with Gasteiger partial charge in [-0.05, 0) is 89.5 Å². The van der Waals surface area contributed by atoms with Crippen LogP contribution in [0.2, 0.25) is 0 Å². The van der Waals surface area contributed by atoms with Gasteiger partial charge in [-0.25, -0.2) is 14.4 Å². The van der Waals surface area contributed by atoms with Crippen LogP contribution in [0.1, 0.15) is 33.2 Å². The Balaban J connectivity index is 1.45. The number of hydrogen-bond donors (Lipinski definition) is 1. The topological polar surface area (TPSA) is 99.1 Å². The summed E-state index contributed by atoms with van der Waals surface area (Å²) in [7, 11) is 0. The Bertz CT molecular complexity index is 1470. The van der Waals surface area contributed by atoms with Gasteiger partial charge in [0.05, 0.1) is 11.1 Å². The molecule has 1 N–H and O–H groups in total. The predicted octanol–water partition coefficient (Wildman–Crippen LogP) is 5.64. The number of carbonyl (C=O) groups excluding carboxylic acids is 3. The van der Waals surface area contributed by atoms with E-state index in [4.69, 9.17) is 14.2 Å². The maximum Gasteiger partial charge on any atom is 0.343 e. The quantitative estimate of drug-likeness (QED) is 0.207. The SMILES string of the molecule is C=CC(=O)Oc1ccc(C(=O)Oc2ccc(OC(=O)c3ccc4cc(O)ccc4c3)cc2CC)cc1. The van der Waals surface area contributed by atoms with Crippen molar-refractivity contribution in [1.82, 2.24) is 0 Å². The van der Waals surface area contributed by atoms with Gasteiger partial charge in [0.2, 0.25) is 0 Å². The van der Waals surface area contributed by atoms with Crippen molar-refractivity contribution in [1.29, 1.82) is 0 Å². The van der Waals surface area contributed by atoms with Crippen LogP contribution in [0.3, 0.4) is 0 Å². The summed E-state index contributed by atoms with van der Waals surface area (Å²) >= 11 is 0. The van der Waals surface area contributed by atoms with Crippen molar-refractivity contribution in [3.05, 3.63) is 108 Å². The molecule has 0 atom stereocenters. The molecule has 0 amide bonds. The molecule has 4 rings (SSSR count). The summed E-state index contributed by atoms with van der Waals surface area (Å²) in [5.74, 6) is -0.629. The average Bonchev–Trinajstić information content (AvgIpc) is 2.89. The largest absolute Gasteiger partial charge is 0.508 e. The van der Waals surface area contributed by atoms with E-state index >= 15 is 0 Å². The molecule has 0 aliphatic carbocycles. The molecule has 36 heavy (non-hydrogen) atoms. The monoisotopic (exact) mass is 482 g/mol. The molecule has 0 bridgehead atoms. The first-order valence-electron chi connectivity index (χ1n) is 11.1. The van der Waals surface area contributed by atoms with Gasteiger partial charge in [0, 0.05) is 6.08 Å². The minimum absolute atomic E-state index is 0.150. The maximum atomic E-state index is 12.7. The second-order valence-electron chi connectivity index (χ2n) is 7.80. The van der Waals surface area contributed by atoms with Gasteiger partial charge in [0.1, 0.15) is 23.0 Å². The molecule has 0 aliphatic rings. The Hall–Kier alpha value is -4.91. The lowest BCUT2D eigenvalue weighted by Crippen LogP contribution is -2.11. The zero-order valence-electron chi connectivity index (χ0n) is 19.4. The van der Waals surface area contributed by atoms with E-state index in [-0.39, 0.29) is 17.1 Å². The highest BCUT2D eigenvalue weighted by Gasteiger charge is 2.15. The van der Waals surface area contributed by atoms with Gasteiger partial charge in [0.15, 0.2) is 0 Å². The highest BCUT2D eigenvalue weighted by Crippen LogP contribution is 2.27. The van der Waals surface area contributed by atoms with E-state index in [1.165, 1.54) is 24.3 Å². The summed E-state index contributed by atoms with van der Waals surface area (Å²) in [6, 6.07) is 20.7. The maximum absolute atomic E-state index is 12.7. The minimum Gasteiger partial charge on any atom is -0.508 e. The van der Waals surface area contributed by atoms with Crippen molar-refractivity contribution in [2.45, 2.75) is 13.3 Å². The summed E-state index contributed by atoms with van der Waals surface area (Å²) in [5, 5.41) is 11.2. The lowest BCUT2D eigenvalue weighted by atomic mass is 10.1. The van der Waals surface area contributed by atoms with Gasteiger partial charge in [-0.3, -0.25) is 0 Å². The fourth-order valence-electron chi connectivity index (χ4n) is 3.50. The third-order valence-electron chi connectivity index (χ3n) is 5.36. The highest BCUT2D eigenvalue weighted by molar-refractivity contribution is 5.97. The van der Waals surface area contributed by atoms with E-state index < -0.39 is 17.9 Å². The Morgan fingerprint density at radius 2 is 1.39 bits per heavy atom. The number of esters is 3. The fourth-order valence-corrected chi connectivity index (χ4v) is 3.50. The van der Waals surface area contributed by atoms with E-state index in [9.17, 15) is 19.5 Å². The van der Waals surface area contributed by atoms with E-state index in [2.05, 4.69) is 6.58 Å². The number of carbonyl (C=O) groups is 3. The smallest absolute Gasteiger partial charge is 0.343 e. The van der Waals surface area contributed by atoms with Crippen LogP contribution in [0.25, 0.3) is 10.8 Å². The minimum atomic E-state index is -0.598. The van der Waals surface area contributed by atoms with Crippen molar-refractivity contribution in [2.24, 2.45) is 0 Å². The lowest BCUT2D eigenvalue weighted by molar-refractivity contribution is -0.128. The van der Waals surface area contributed by atoms with Crippen LogP contribution in [0.5, 0.6) is 23.0 Å². The molecule has 0 radical (unpaired) electrons. The molecule has 180 valence electrons. The van der Waals surface area contributed by atoms with Crippen LogP contribution in [-0.2, 0) is 11.2 Å². The number of benzene rings is 4. The molecule has 0 fully saturated rings. The summed E-state index contributed by atoms with van der Waals surface area (Å²) in [5.41, 5.74) is 1.32. The Labute approximate surface area is 207 Å². The van der Waals surface area contributed by atoms with E-state index in [0.29, 0.717) is 29.0 Å². The Kier molecular flexibility index (Phi) is 7.11. The summed E-state index contributed by atoms with van der Waals surface area (Å²) in [6.07, 6.45) is 1.58. The van der Waals surface area contributed by atoms with Crippen LogP contribution in [0.4, 0.5) is 0 Å². The van der Waals surface area contributed by atoms with Gasteiger partial charge in [-0.2, -0.15) is 0 Å². The molecular weight excluding hydrogens is 460 g/mol. The molecule has 0 unspecified atom stereocenters. The van der Waals surface area contributed by atoms with Gasteiger partial charge >= 0.3 is 17.9 Å². The van der Waals surface area contributed by atoms with Crippen molar-refractivity contribution in [2.75, 3.05) is 0 Å². The van der Waals surface area contributed by atoms with E-state index in [1.807, 2.05) is 6.92 Å². The third-order valence-corrected chi connectivity index (χ3v) is 5.36. The van der Waals surface area contributed by atoms with Crippen molar-refractivity contribution in [3.8, 4) is 23.0 Å². The Morgan fingerprint density at radius 1 is 0.750 bits per heavy atom. The van der Waals surface area contributed by atoms with Gasteiger partial charge < -0.3 is 19.3 Å². The number of aryl methyl sites for hydroxylation is 1. The number of phenolic OH excluding ortho intramolecular Hbond substituents is 1. The second kappa shape index (κ2) is 10.6. The molecule has 4 aromatic rings. The molecule has 4 aromatic carbocycles. The second-order valence-corrected chi connectivity index (χ2v) is 7.80. The van der Waals surface area contributed by atoms with Crippen molar-refractivity contribution < 1.29 is 33.7 Å². The predicted molar refractivity (Wildman–Crippen MR) is 134 cm³/mol. The van der Waals surface area contributed by atoms with Gasteiger partial charge in [-0.15, -0.1) is 0 Å². The third kappa shape index (κ3) is 5.59. The molecule has 0 heterocycles. The lowest BCUT2D eigenvalue weighted by Gasteiger charge is -2.12. The molecule has 0 aliphatic heterocycles. The molecule has 0 aromatic heterocycles. The zero-order valence-corrected chi connectivity index (χ0v) is 19.4. The van der Waals surface area contributed by atoms with Crippen LogP contribution in [-0.4, -0.2) is 23.0 Å². The first kappa shape index (κ1) is 24.2. The molecule has 0 spiro atoms. The normalized spacial score (nSPS) is 10.5. The van der Waals surface area contributed by atoms with Crippen LogP contribution in [0, 0.1) is 0 Å². The summed E-state index contributed by atoms with van der Waals surface area (Å²) in [6.45, 7) is 5.22. The number of fused-ring (bicyclic) bond motifs is 1. The van der Waals surface area contributed by atoms with Crippen LogP contribution >= 0.6 is 0 Å². The fraction of sp³-hybridized carbons (Fsp3) is 0.0690. The molecule has 0 saturated carbocycles. The van der Waals surface area contributed by atoms with Crippen molar-refractivity contribution in [3.63, 3.8) is 0 Å². The average molecular weight is 482 g/mol. The van der Waals surface area contributed by atoms with Gasteiger partial charge in [-0.1, -0.05) is 25.6 Å². The number of hydrogen-bond acceptors (Lipinski definition) is 7. The van der Waals surface area contributed by atoms with Crippen molar-refractivity contribution >= 4 is 28.7 Å². The van der Waals surface area contributed by atoms with Crippen LogP contribution in [0.15, 0.2) is 91.5 Å². The number of aromatic hydroxyl groups is 1. The zero-order chi connectivity index (χ0) is 25.7. The van der Waals surface area contributed by atoms with Gasteiger partial charge in [0.25, 0.3) is 0 Å². The van der Waals surface area contributed by atoms with Crippen LogP contribution < -0.4 is 14.2 Å². The number of rotatable bonds is 7. The molecular formula is C29H22O7. The van der Waals surface area contributed by atoms with E-state index in [1.54, 1.807) is 54.6 Å². The summed E-state index contributed by atoms with van der Waals surface area (Å²) < 4.78 is 16.1. The molecule has 7 heteroatoms. The first-order chi connectivity index (χ1) is 17.4. The molecule has 7 nitrogen and oxygen atoms in total. The summed E-state index contributed by atoms with van der Waals surface area (Å²) in [4.78, 5) is 36.6. The standard InChI is InChI=1S/C29H22O7/c1-3-18-17-25(35-29(33)22-6-5-21-16-23(30)10-7-20(21)15-22)13-14-26(18)36-28(32)19-8-11-24(12-9-19)34-27(31)4-2/h4-17,30H,2-3H2,1H3. The highest BCUT2D eigenvalue weighted by atomic mass is 16.5. The molecule has 0 saturated heterocycles. The Morgan fingerprint density at radius 3 is 2.11 bits per heavy atom.